The molecule has 3 aromatic rings. The Kier molecular flexibility index (Phi) is 7.81. The fourth-order valence-corrected chi connectivity index (χ4v) is 3.07. The van der Waals surface area contributed by atoms with Crippen LogP contribution in [0, 0.1) is 11.2 Å². The summed E-state index contributed by atoms with van der Waals surface area (Å²) < 4.78 is 20.1. The summed E-state index contributed by atoms with van der Waals surface area (Å²) >= 11 is 12.1. The second kappa shape index (κ2) is 10.8. The number of aromatic nitrogens is 2. The van der Waals surface area contributed by atoms with E-state index in [-0.39, 0.29) is 33.6 Å². The average molecular weight is 489 g/mol. The lowest BCUT2D eigenvalue weighted by atomic mass is 10.1. The van der Waals surface area contributed by atoms with E-state index in [0.717, 1.165) is 12.3 Å². The van der Waals surface area contributed by atoms with Crippen molar-refractivity contribution in [2.24, 2.45) is 0 Å². The van der Waals surface area contributed by atoms with Crippen LogP contribution in [0.15, 0.2) is 60.1 Å². The number of nitrogens with one attached hydrogen (secondary N) is 3. The number of carbonyl (C=O) groups excluding carboxylic acids is 1. The highest BCUT2D eigenvalue weighted by molar-refractivity contribution is 6.34. The molecule has 0 aliphatic rings. The fraction of sp³-hybridized carbons (Fsp3) is 0.0909. The number of nitrogens with two attached hydrogens (primary N) is 1. The highest BCUT2D eigenvalue weighted by atomic mass is 35.5. The third-order valence-electron chi connectivity index (χ3n) is 4.39. The van der Waals surface area contributed by atoms with Crippen LogP contribution in [0.25, 0.3) is 0 Å². The molecule has 1 amide bonds. The van der Waals surface area contributed by atoms with E-state index < -0.39 is 11.7 Å². The number of allylic oxidation sites excluding steroid dienone is 1. The van der Waals surface area contributed by atoms with Gasteiger partial charge in [0.1, 0.15) is 16.7 Å². The first-order valence-electron chi connectivity index (χ1n) is 9.64. The summed E-state index contributed by atoms with van der Waals surface area (Å²) in [6, 6.07) is 8.63. The number of pyridine rings is 2. The first-order valence-corrected chi connectivity index (χ1v) is 10.4. The number of hydrogen-bond donors (Lipinski definition) is 4. The number of amides is 1. The Labute approximate surface area is 199 Å². The zero-order valence-electron chi connectivity index (χ0n) is 17.3. The van der Waals surface area contributed by atoms with Gasteiger partial charge in [0.2, 0.25) is 0 Å². The van der Waals surface area contributed by atoms with Crippen molar-refractivity contribution in [1.29, 1.82) is 5.41 Å². The van der Waals surface area contributed by atoms with Crippen LogP contribution in [0.4, 0.5) is 21.7 Å². The van der Waals surface area contributed by atoms with Crippen molar-refractivity contribution in [2.45, 2.75) is 13.3 Å². The largest absolute Gasteiger partial charge is 0.453 e. The minimum absolute atomic E-state index is 0.0407. The van der Waals surface area contributed by atoms with Crippen LogP contribution in [0.5, 0.6) is 11.5 Å². The maximum Gasteiger partial charge on any atom is 0.258 e. The summed E-state index contributed by atoms with van der Waals surface area (Å²) in [5.74, 6) is -0.930. The molecule has 0 aliphatic heterocycles. The van der Waals surface area contributed by atoms with Gasteiger partial charge in [-0.1, -0.05) is 30.1 Å². The number of anilines is 3. The van der Waals surface area contributed by atoms with Gasteiger partial charge >= 0.3 is 0 Å². The van der Waals surface area contributed by atoms with Gasteiger partial charge < -0.3 is 26.5 Å². The third kappa shape index (κ3) is 5.76. The molecule has 11 heteroatoms. The lowest BCUT2D eigenvalue weighted by Crippen LogP contribution is -2.19. The number of hydrogen-bond acceptors (Lipinski definition) is 7. The molecule has 0 unspecified atom stereocenters. The maximum absolute atomic E-state index is 14.6. The van der Waals surface area contributed by atoms with E-state index in [1.54, 1.807) is 25.3 Å². The molecule has 33 heavy (non-hydrogen) atoms. The Balaban J connectivity index is 1.80. The number of carbonyl (C=O) groups is 1. The summed E-state index contributed by atoms with van der Waals surface area (Å²) in [5, 5.41) is 13.7. The second-order valence-corrected chi connectivity index (χ2v) is 7.34. The van der Waals surface area contributed by atoms with Crippen molar-refractivity contribution in [1.82, 2.24) is 9.97 Å². The average Bonchev–Trinajstić information content (AvgIpc) is 2.79. The molecule has 0 aliphatic carbocycles. The molecular weight excluding hydrogens is 470 g/mol. The van der Waals surface area contributed by atoms with Gasteiger partial charge in [0, 0.05) is 42.1 Å². The molecule has 3 rings (SSSR count). The van der Waals surface area contributed by atoms with Gasteiger partial charge in [-0.05, 0) is 30.7 Å². The molecule has 5 N–H and O–H groups in total. The highest BCUT2D eigenvalue weighted by Gasteiger charge is 2.16. The lowest BCUT2D eigenvalue weighted by molar-refractivity contribution is -0.112. The second-order valence-electron chi connectivity index (χ2n) is 6.56. The van der Waals surface area contributed by atoms with Crippen molar-refractivity contribution in [3.63, 3.8) is 0 Å². The van der Waals surface area contributed by atoms with Crippen LogP contribution in [0.3, 0.4) is 0 Å². The fourth-order valence-electron chi connectivity index (χ4n) is 2.75. The molecule has 0 bridgehead atoms. The summed E-state index contributed by atoms with van der Waals surface area (Å²) in [4.78, 5) is 20.7. The Morgan fingerprint density at radius 2 is 1.97 bits per heavy atom. The van der Waals surface area contributed by atoms with E-state index in [2.05, 4.69) is 20.6 Å². The Morgan fingerprint density at radius 1 is 1.18 bits per heavy atom. The molecule has 8 nitrogen and oxygen atoms in total. The van der Waals surface area contributed by atoms with Gasteiger partial charge in [-0.3, -0.25) is 4.79 Å². The Hall–Kier alpha value is -3.69. The third-order valence-corrected chi connectivity index (χ3v) is 5.07. The van der Waals surface area contributed by atoms with Gasteiger partial charge in [-0.2, -0.15) is 0 Å². The smallest absolute Gasteiger partial charge is 0.258 e. The van der Waals surface area contributed by atoms with Crippen molar-refractivity contribution >= 4 is 52.6 Å². The molecule has 1 aromatic carbocycles. The van der Waals surface area contributed by atoms with Gasteiger partial charge in [-0.25, -0.2) is 14.4 Å². The van der Waals surface area contributed by atoms with Crippen LogP contribution < -0.4 is 21.1 Å². The quantitative estimate of drug-likeness (QED) is 0.239. The molecule has 170 valence electrons. The van der Waals surface area contributed by atoms with Crippen LogP contribution >= 0.6 is 23.2 Å². The van der Waals surface area contributed by atoms with Gasteiger partial charge in [0.25, 0.3) is 5.91 Å². The zero-order valence-corrected chi connectivity index (χ0v) is 18.8. The van der Waals surface area contributed by atoms with Crippen LogP contribution in [0.1, 0.15) is 13.3 Å². The minimum Gasteiger partial charge on any atom is -0.453 e. The molecular formula is C22H19Cl2FN6O2. The topological polar surface area (TPSA) is 126 Å². The SMILES string of the molecule is CC/C(Nc1ncccc1Cl)=C(/C=N)C(=O)Nc1ccc(Oc2ccnc(N)c2Cl)c(F)c1. The number of rotatable bonds is 8. The van der Waals surface area contributed by atoms with Crippen molar-refractivity contribution in [3.05, 3.63) is 75.9 Å². The summed E-state index contributed by atoms with van der Waals surface area (Å²) in [5.41, 5.74) is 6.25. The number of nitrogen functional groups attached to an aromatic ring is 1. The first-order chi connectivity index (χ1) is 15.8. The standard InChI is InChI=1S/C22H19Cl2FN6O2/c1-2-16(31-21-14(23)4-3-8-29-21)13(11-26)22(32)30-12-5-6-17(15(25)10-12)33-18-7-9-28-20(27)19(18)24/h3-11,26H,2H2,1H3,(H2,27,28)(H,29,31)(H,30,32)/b16-13+,26-11?. The Bertz CT molecular complexity index is 1240. The first kappa shape index (κ1) is 24.0. The van der Waals surface area contributed by atoms with Crippen molar-refractivity contribution < 1.29 is 13.9 Å². The molecule has 0 saturated carbocycles. The van der Waals surface area contributed by atoms with Crippen LogP contribution in [-0.2, 0) is 4.79 Å². The van der Waals surface area contributed by atoms with Gasteiger partial charge in [0.05, 0.1) is 10.6 Å². The normalized spacial score (nSPS) is 11.4. The van der Waals surface area contributed by atoms with Gasteiger partial charge in [0.15, 0.2) is 17.3 Å². The summed E-state index contributed by atoms with van der Waals surface area (Å²) in [6.07, 6.45) is 4.22. The number of benzene rings is 1. The van der Waals surface area contributed by atoms with E-state index >= 15 is 0 Å². The van der Waals surface area contributed by atoms with Crippen molar-refractivity contribution in [2.75, 3.05) is 16.4 Å². The highest BCUT2D eigenvalue weighted by Crippen LogP contribution is 2.34. The molecule has 0 radical (unpaired) electrons. The predicted octanol–water partition coefficient (Wildman–Crippen LogP) is 5.66. The maximum atomic E-state index is 14.6. The molecule has 0 atom stereocenters. The molecule has 0 fully saturated rings. The minimum atomic E-state index is -0.742. The number of nitrogens with zero attached hydrogens (tertiary/aromatic N) is 2. The van der Waals surface area contributed by atoms with E-state index in [1.807, 2.05) is 0 Å². The molecule has 0 saturated heterocycles. The molecule has 2 heterocycles. The van der Waals surface area contributed by atoms with E-state index in [1.165, 1.54) is 24.4 Å². The van der Waals surface area contributed by atoms with Gasteiger partial charge in [-0.15, -0.1) is 0 Å². The number of halogens is 3. The predicted molar refractivity (Wildman–Crippen MR) is 128 cm³/mol. The summed E-state index contributed by atoms with van der Waals surface area (Å²) in [7, 11) is 0. The Morgan fingerprint density at radius 3 is 2.64 bits per heavy atom. The van der Waals surface area contributed by atoms with Crippen molar-refractivity contribution in [3.8, 4) is 11.5 Å². The summed E-state index contributed by atoms with van der Waals surface area (Å²) in [6.45, 7) is 1.80. The number of ether oxygens (including phenoxy) is 1. The molecule has 2 aromatic heterocycles. The van der Waals surface area contributed by atoms with E-state index in [0.29, 0.717) is 23.0 Å². The van der Waals surface area contributed by atoms with E-state index in [9.17, 15) is 9.18 Å². The van der Waals surface area contributed by atoms with Crippen LogP contribution in [0.2, 0.25) is 10.0 Å². The lowest BCUT2D eigenvalue weighted by Gasteiger charge is -2.14. The van der Waals surface area contributed by atoms with E-state index in [4.69, 9.17) is 39.1 Å². The van der Waals surface area contributed by atoms with Crippen LogP contribution in [-0.4, -0.2) is 22.1 Å². The molecule has 0 spiro atoms. The monoisotopic (exact) mass is 488 g/mol. The zero-order chi connectivity index (χ0) is 24.0.